The monoisotopic (exact) mass is 364 g/mol. The van der Waals surface area contributed by atoms with Crippen molar-refractivity contribution in [3.63, 3.8) is 0 Å². The molecule has 0 bridgehead atoms. The minimum Gasteiger partial charge on any atom is -0.212 e. The topological polar surface area (TPSA) is 74.8 Å². The van der Waals surface area contributed by atoms with Gasteiger partial charge in [0.05, 0.1) is 5.25 Å². The number of sulfonamides is 2. The van der Waals surface area contributed by atoms with Gasteiger partial charge in [0.1, 0.15) is 4.21 Å². The molecule has 1 aliphatic heterocycles. The molecule has 0 aromatic carbocycles. The van der Waals surface area contributed by atoms with E-state index in [0.29, 0.717) is 4.21 Å². The Hall–Kier alpha value is -0.480. The molecule has 0 N–H and O–H groups in total. The molecule has 1 aliphatic carbocycles. The van der Waals surface area contributed by atoms with Crippen molar-refractivity contribution in [2.75, 3.05) is 26.2 Å². The van der Waals surface area contributed by atoms with Gasteiger partial charge in [-0.15, -0.1) is 11.3 Å². The van der Waals surface area contributed by atoms with Gasteiger partial charge in [-0.05, 0) is 31.4 Å². The van der Waals surface area contributed by atoms with Crippen LogP contribution < -0.4 is 0 Å². The number of piperazine rings is 1. The molecule has 1 saturated heterocycles. The highest BCUT2D eigenvalue weighted by atomic mass is 32.2. The fourth-order valence-electron chi connectivity index (χ4n) is 2.56. The van der Waals surface area contributed by atoms with Crippen LogP contribution >= 0.6 is 11.3 Å². The largest absolute Gasteiger partial charge is 0.252 e. The van der Waals surface area contributed by atoms with Gasteiger partial charge >= 0.3 is 0 Å². The van der Waals surface area contributed by atoms with Crippen molar-refractivity contribution in [2.45, 2.75) is 35.6 Å². The standard InChI is InChI=1S/C13H20N2O4S3/c1-2-11-3-6-13(20-11)22(18,19)15-9-7-14(8-10-15)21(16,17)12-4-5-12/h3,6,12H,2,4-5,7-10H2,1H3. The number of nitrogens with zero attached hydrogens (tertiary/aromatic N) is 2. The van der Waals surface area contributed by atoms with Crippen molar-refractivity contribution in [3.8, 4) is 0 Å². The van der Waals surface area contributed by atoms with Gasteiger partial charge in [0.2, 0.25) is 10.0 Å². The number of hydrogen-bond acceptors (Lipinski definition) is 5. The summed E-state index contributed by atoms with van der Waals surface area (Å²) in [6, 6.07) is 3.48. The fourth-order valence-corrected chi connectivity index (χ4v) is 7.25. The molecule has 1 aromatic rings. The van der Waals surface area contributed by atoms with Crippen LogP contribution in [0.25, 0.3) is 0 Å². The van der Waals surface area contributed by atoms with E-state index in [2.05, 4.69) is 0 Å². The van der Waals surface area contributed by atoms with Gasteiger partial charge in [0.15, 0.2) is 0 Å². The molecule has 0 amide bonds. The highest BCUT2D eigenvalue weighted by molar-refractivity contribution is 7.91. The zero-order valence-corrected chi connectivity index (χ0v) is 14.9. The second kappa shape index (κ2) is 5.86. The summed E-state index contributed by atoms with van der Waals surface area (Å²) < 4.78 is 52.7. The lowest BCUT2D eigenvalue weighted by Gasteiger charge is -2.33. The van der Waals surface area contributed by atoms with Gasteiger partial charge in [0, 0.05) is 31.1 Å². The molecule has 0 radical (unpaired) electrons. The smallest absolute Gasteiger partial charge is 0.212 e. The molecular weight excluding hydrogens is 344 g/mol. The summed E-state index contributed by atoms with van der Waals surface area (Å²) in [6.07, 6.45) is 2.28. The first-order valence-electron chi connectivity index (χ1n) is 7.43. The van der Waals surface area contributed by atoms with Crippen molar-refractivity contribution in [1.82, 2.24) is 8.61 Å². The fraction of sp³-hybridized carbons (Fsp3) is 0.692. The number of thiophene rings is 1. The van der Waals surface area contributed by atoms with Gasteiger partial charge in [-0.3, -0.25) is 0 Å². The average molecular weight is 365 g/mol. The maximum atomic E-state index is 12.6. The summed E-state index contributed by atoms with van der Waals surface area (Å²) in [7, 11) is -6.70. The lowest BCUT2D eigenvalue weighted by molar-refractivity contribution is 0.273. The second-order valence-corrected chi connectivity index (χ2v) is 11.2. The van der Waals surface area contributed by atoms with Crippen LogP contribution in [0.2, 0.25) is 0 Å². The van der Waals surface area contributed by atoms with Crippen molar-refractivity contribution in [3.05, 3.63) is 17.0 Å². The quantitative estimate of drug-likeness (QED) is 0.784. The minimum absolute atomic E-state index is 0.230. The van der Waals surface area contributed by atoms with E-state index < -0.39 is 20.0 Å². The zero-order chi connectivity index (χ0) is 16.0. The van der Waals surface area contributed by atoms with Gasteiger partial charge in [-0.1, -0.05) is 6.92 Å². The van der Waals surface area contributed by atoms with E-state index in [0.717, 1.165) is 24.1 Å². The van der Waals surface area contributed by atoms with Crippen LogP contribution in [0.1, 0.15) is 24.6 Å². The van der Waals surface area contributed by atoms with E-state index in [1.807, 2.05) is 13.0 Å². The van der Waals surface area contributed by atoms with Crippen LogP contribution in [0.15, 0.2) is 16.3 Å². The van der Waals surface area contributed by atoms with Gasteiger partial charge in [-0.2, -0.15) is 8.61 Å². The van der Waals surface area contributed by atoms with Crippen LogP contribution in [0.3, 0.4) is 0 Å². The molecule has 2 heterocycles. The Kier molecular flexibility index (Phi) is 4.36. The molecule has 0 atom stereocenters. The summed E-state index contributed by atoms with van der Waals surface area (Å²) in [5.74, 6) is 0. The summed E-state index contributed by atoms with van der Waals surface area (Å²) >= 11 is 1.29. The molecule has 22 heavy (non-hydrogen) atoms. The van der Waals surface area contributed by atoms with Crippen molar-refractivity contribution < 1.29 is 16.8 Å². The number of hydrogen-bond donors (Lipinski definition) is 0. The molecule has 9 heteroatoms. The van der Waals surface area contributed by atoms with Gasteiger partial charge < -0.3 is 0 Å². The molecule has 2 fully saturated rings. The van der Waals surface area contributed by atoms with Crippen molar-refractivity contribution in [2.24, 2.45) is 0 Å². The number of rotatable bonds is 5. The molecule has 1 aromatic heterocycles. The second-order valence-electron chi connectivity index (χ2n) is 5.62. The highest BCUT2D eigenvalue weighted by Crippen LogP contribution is 2.32. The molecule has 3 rings (SSSR count). The number of aryl methyl sites for hydroxylation is 1. The third-order valence-electron chi connectivity index (χ3n) is 4.08. The third-order valence-corrected chi connectivity index (χ3v) is 10.1. The lowest BCUT2D eigenvalue weighted by Crippen LogP contribution is -2.51. The van der Waals surface area contributed by atoms with Crippen LogP contribution in [0.4, 0.5) is 0 Å². The van der Waals surface area contributed by atoms with Gasteiger partial charge in [0.25, 0.3) is 10.0 Å². The summed E-state index contributed by atoms with van der Waals surface area (Å²) in [5.41, 5.74) is 0. The molecule has 1 saturated carbocycles. The predicted molar refractivity (Wildman–Crippen MR) is 86.0 cm³/mol. The third kappa shape index (κ3) is 2.96. The molecule has 0 unspecified atom stereocenters. The maximum absolute atomic E-state index is 12.6. The molecule has 6 nitrogen and oxygen atoms in total. The molecule has 2 aliphatic rings. The lowest BCUT2D eigenvalue weighted by atomic mass is 10.4. The van der Waals surface area contributed by atoms with E-state index in [1.165, 1.54) is 19.9 Å². The Bertz CT molecular complexity index is 742. The Labute approximate surface area is 135 Å². The summed E-state index contributed by atoms with van der Waals surface area (Å²) in [6.45, 7) is 2.96. The SMILES string of the molecule is CCc1ccc(S(=O)(=O)N2CCN(S(=O)(=O)C3CC3)CC2)s1. The van der Waals surface area contributed by atoms with Gasteiger partial charge in [-0.25, -0.2) is 16.8 Å². The maximum Gasteiger partial charge on any atom is 0.252 e. The predicted octanol–water partition coefficient (Wildman–Crippen LogP) is 1.11. The van der Waals surface area contributed by atoms with Crippen LogP contribution in [0, 0.1) is 0 Å². The Morgan fingerprint density at radius 3 is 2.14 bits per heavy atom. The summed E-state index contributed by atoms with van der Waals surface area (Å²) in [4.78, 5) is 1.04. The first-order chi connectivity index (χ1) is 10.4. The normalized spacial score (nSPS) is 22.0. The van der Waals surface area contributed by atoms with Crippen LogP contribution in [0.5, 0.6) is 0 Å². The van der Waals surface area contributed by atoms with E-state index in [9.17, 15) is 16.8 Å². The first-order valence-corrected chi connectivity index (χ1v) is 11.2. The van der Waals surface area contributed by atoms with Crippen LogP contribution in [-0.2, 0) is 26.5 Å². The summed E-state index contributed by atoms with van der Waals surface area (Å²) in [5, 5.41) is -0.236. The molecular formula is C13H20N2O4S3. The highest BCUT2D eigenvalue weighted by Gasteiger charge is 2.42. The van der Waals surface area contributed by atoms with Crippen LogP contribution in [-0.4, -0.2) is 56.9 Å². The Morgan fingerprint density at radius 1 is 1.05 bits per heavy atom. The first kappa shape index (κ1) is 16.4. The van der Waals surface area contributed by atoms with E-state index in [-0.39, 0.29) is 31.4 Å². The average Bonchev–Trinajstić information content (AvgIpc) is 3.25. The van der Waals surface area contributed by atoms with E-state index in [4.69, 9.17) is 0 Å². The molecule has 124 valence electrons. The minimum atomic E-state index is -3.49. The van der Waals surface area contributed by atoms with E-state index >= 15 is 0 Å². The molecule has 0 spiro atoms. The Morgan fingerprint density at radius 2 is 1.64 bits per heavy atom. The van der Waals surface area contributed by atoms with Crippen molar-refractivity contribution in [1.29, 1.82) is 0 Å². The Balaban J connectivity index is 1.70. The van der Waals surface area contributed by atoms with Crippen molar-refractivity contribution >= 4 is 31.4 Å². The van der Waals surface area contributed by atoms with E-state index in [1.54, 1.807) is 6.07 Å². The zero-order valence-electron chi connectivity index (χ0n) is 12.4.